The quantitative estimate of drug-likeness (QED) is 0.687. The molecule has 0 heterocycles. The molecule has 0 fully saturated rings. The molecular weight excluding hydrogens is 195 g/mol. The van der Waals surface area contributed by atoms with Crippen LogP contribution < -0.4 is 4.84 Å². The largest absolute Gasteiger partial charge is 0.298 e. The number of rotatable bonds is 1. The zero-order chi connectivity index (χ0) is 7.56. The second kappa shape index (κ2) is 4.36. The van der Waals surface area contributed by atoms with Gasteiger partial charge in [0.2, 0.25) is 0 Å². The van der Waals surface area contributed by atoms with Crippen LogP contribution in [0.3, 0.4) is 0 Å². The van der Waals surface area contributed by atoms with Crippen molar-refractivity contribution in [3.63, 3.8) is 0 Å². The van der Waals surface area contributed by atoms with Crippen LogP contribution in [0.1, 0.15) is 0 Å². The molecule has 1 aromatic carbocycles. The summed E-state index contributed by atoms with van der Waals surface area (Å²) in [7, 11) is 0. The number of benzene rings is 1. The van der Waals surface area contributed by atoms with Gasteiger partial charge in [0.1, 0.15) is 0 Å². The lowest BCUT2D eigenvalue weighted by Gasteiger charge is -1.96. The highest BCUT2D eigenvalue weighted by molar-refractivity contribution is 6.23. The van der Waals surface area contributed by atoms with E-state index >= 15 is 0 Å². The van der Waals surface area contributed by atoms with Crippen molar-refractivity contribution < 1.29 is 8.78 Å². The first-order chi connectivity index (χ1) is 4.74. The maximum Gasteiger partial charge on any atom is 0.160 e. The van der Waals surface area contributed by atoms with Crippen LogP contribution in [0.2, 0.25) is 0 Å². The number of halogens is 4. The van der Waals surface area contributed by atoms with Gasteiger partial charge < -0.3 is 0 Å². The summed E-state index contributed by atoms with van der Waals surface area (Å²) < 4.78 is 24.5. The Labute approximate surface area is 73.9 Å². The Morgan fingerprint density at radius 3 is 2.27 bits per heavy atom. The van der Waals surface area contributed by atoms with Crippen LogP contribution in [-0.4, -0.2) is 0 Å². The van der Waals surface area contributed by atoms with Crippen molar-refractivity contribution in [2.24, 2.45) is 0 Å². The van der Waals surface area contributed by atoms with Crippen LogP contribution in [0, 0.1) is 11.6 Å². The van der Waals surface area contributed by atoms with Crippen LogP contribution in [0.4, 0.5) is 14.5 Å². The van der Waals surface area contributed by atoms with E-state index in [1.54, 1.807) is 0 Å². The van der Waals surface area contributed by atoms with Gasteiger partial charge in [-0.15, -0.1) is 12.4 Å². The van der Waals surface area contributed by atoms with E-state index in [4.69, 9.17) is 11.8 Å². The Kier molecular flexibility index (Phi) is 4.15. The molecule has 62 valence electrons. The minimum absolute atomic E-state index is 0. The van der Waals surface area contributed by atoms with E-state index in [1.165, 1.54) is 6.07 Å². The molecule has 1 nitrogen and oxygen atoms in total. The summed E-state index contributed by atoms with van der Waals surface area (Å²) in [5, 5.41) is 0. The lowest BCUT2D eigenvalue weighted by Crippen LogP contribution is -1.85. The fourth-order valence-electron chi connectivity index (χ4n) is 0.555. The molecule has 1 N–H and O–H groups in total. The summed E-state index contributed by atoms with van der Waals surface area (Å²) in [4.78, 5) is 2.16. The topological polar surface area (TPSA) is 12.0 Å². The van der Waals surface area contributed by atoms with E-state index in [0.717, 1.165) is 12.1 Å². The van der Waals surface area contributed by atoms with Crippen molar-refractivity contribution in [1.29, 1.82) is 0 Å². The molecule has 0 bridgehead atoms. The fraction of sp³-hybridized carbons (Fsp3) is 0. The maximum atomic E-state index is 12.3. The number of anilines is 1. The SMILES string of the molecule is Cl.Fc1ccc(NCl)cc1F. The summed E-state index contributed by atoms with van der Waals surface area (Å²) in [5.74, 6) is -1.79. The molecular formula is C6H5Cl2F2N. The average molecular weight is 200 g/mol. The van der Waals surface area contributed by atoms with Gasteiger partial charge in [0.05, 0.1) is 5.69 Å². The molecule has 0 unspecified atom stereocenters. The predicted octanol–water partition coefficient (Wildman–Crippen LogP) is 2.95. The van der Waals surface area contributed by atoms with Gasteiger partial charge in [-0.05, 0) is 12.1 Å². The van der Waals surface area contributed by atoms with Crippen LogP contribution >= 0.6 is 24.2 Å². The third kappa shape index (κ3) is 2.52. The van der Waals surface area contributed by atoms with Gasteiger partial charge in [-0.25, -0.2) is 8.78 Å². The molecule has 1 aromatic rings. The molecule has 0 aliphatic rings. The number of hydrogen-bond acceptors (Lipinski definition) is 1. The summed E-state index contributed by atoms with van der Waals surface area (Å²) in [6.45, 7) is 0. The lowest BCUT2D eigenvalue weighted by atomic mass is 10.3. The van der Waals surface area contributed by atoms with E-state index in [-0.39, 0.29) is 12.4 Å². The van der Waals surface area contributed by atoms with E-state index < -0.39 is 11.6 Å². The Morgan fingerprint density at radius 2 is 1.82 bits per heavy atom. The lowest BCUT2D eigenvalue weighted by molar-refractivity contribution is 0.509. The standard InChI is InChI=1S/C6H4ClF2N.ClH/c7-10-4-1-2-5(8)6(9)3-4;/h1-3,10H;1H. The van der Waals surface area contributed by atoms with Gasteiger partial charge in [-0.2, -0.15) is 0 Å². The normalized spacial score (nSPS) is 8.64. The highest BCUT2D eigenvalue weighted by Gasteiger charge is 1.99. The third-order valence-corrected chi connectivity index (χ3v) is 1.25. The number of hydrogen-bond donors (Lipinski definition) is 1. The van der Waals surface area contributed by atoms with E-state index in [2.05, 4.69) is 4.84 Å². The fourth-order valence-corrected chi connectivity index (χ4v) is 0.672. The Morgan fingerprint density at radius 1 is 1.18 bits per heavy atom. The van der Waals surface area contributed by atoms with Crippen LogP contribution in [0.25, 0.3) is 0 Å². The second-order valence-electron chi connectivity index (χ2n) is 1.72. The summed E-state index contributed by atoms with van der Waals surface area (Å²) in [6.07, 6.45) is 0. The molecule has 0 radical (unpaired) electrons. The molecule has 0 amide bonds. The second-order valence-corrected chi connectivity index (χ2v) is 1.91. The smallest absolute Gasteiger partial charge is 0.160 e. The third-order valence-electron chi connectivity index (χ3n) is 1.03. The van der Waals surface area contributed by atoms with Gasteiger partial charge in [-0.1, -0.05) is 0 Å². The van der Waals surface area contributed by atoms with Gasteiger partial charge in [0.15, 0.2) is 11.6 Å². The van der Waals surface area contributed by atoms with Crippen molar-refractivity contribution in [2.45, 2.75) is 0 Å². The summed E-state index contributed by atoms with van der Waals surface area (Å²) >= 11 is 5.11. The van der Waals surface area contributed by atoms with Crippen LogP contribution in [0.15, 0.2) is 18.2 Å². The Balaban J connectivity index is 0.000001000. The van der Waals surface area contributed by atoms with Crippen molar-refractivity contribution in [3.8, 4) is 0 Å². The highest BCUT2D eigenvalue weighted by atomic mass is 35.5. The molecule has 1 rings (SSSR count). The van der Waals surface area contributed by atoms with E-state index in [1.807, 2.05) is 0 Å². The number of nitrogens with one attached hydrogen (secondary N) is 1. The molecule has 0 aromatic heterocycles. The van der Waals surface area contributed by atoms with Gasteiger partial charge in [-0.3, -0.25) is 4.84 Å². The molecule has 0 aliphatic heterocycles. The predicted molar refractivity (Wildman–Crippen MR) is 43.1 cm³/mol. The van der Waals surface area contributed by atoms with Crippen molar-refractivity contribution in [2.75, 3.05) is 4.84 Å². The van der Waals surface area contributed by atoms with Gasteiger partial charge in [0.25, 0.3) is 0 Å². The van der Waals surface area contributed by atoms with Crippen molar-refractivity contribution in [1.82, 2.24) is 0 Å². The minimum Gasteiger partial charge on any atom is -0.298 e. The molecule has 0 saturated heterocycles. The van der Waals surface area contributed by atoms with Gasteiger partial charge in [0, 0.05) is 17.8 Å². The van der Waals surface area contributed by atoms with E-state index in [9.17, 15) is 8.78 Å². The molecule has 0 atom stereocenters. The zero-order valence-electron chi connectivity index (χ0n) is 5.27. The minimum atomic E-state index is -0.911. The average Bonchev–Trinajstić information content (AvgIpc) is 1.95. The van der Waals surface area contributed by atoms with Crippen molar-refractivity contribution in [3.05, 3.63) is 29.8 Å². The molecule has 11 heavy (non-hydrogen) atoms. The highest BCUT2D eigenvalue weighted by Crippen LogP contribution is 2.12. The zero-order valence-corrected chi connectivity index (χ0v) is 6.85. The first-order valence-electron chi connectivity index (χ1n) is 2.55. The first-order valence-corrected chi connectivity index (χ1v) is 2.93. The van der Waals surface area contributed by atoms with Crippen molar-refractivity contribution >= 4 is 29.9 Å². The molecule has 0 spiro atoms. The molecule has 0 aliphatic carbocycles. The molecule has 5 heteroatoms. The maximum absolute atomic E-state index is 12.3. The Bertz CT molecular complexity index is 242. The van der Waals surface area contributed by atoms with Crippen LogP contribution in [-0.2, 0) is 0 Å². The summed E-state index contributed by atoms with van der Waals surface area (Å²) in [5.41, 5.74) is 0.334. The Hall–Kier alpha value is -0.540. The summed E-state index contributed by atoms with van der Waals surface area (Å²) in [6, 6.07) is 3.31. The molecule has 0 saturated carbocycles. The van der Waals surface area contributed by atoms with Gasteiger partial charge >= 0.3 is 0 Å². The first kappa shape index (κ1) is 10.5. The van der Waals surface area contributed by atoms with Crippen LogP contribution in [0.5, 0.6) is 0 Å². The monoisotopic (exact) mass is 199 g/mol. The van der Waals surface area contributed by atoms with E-state index in [0.29, 0.717) is 5.69 Å².